The molecule has 26 heavy (non-hydrogen) atoms. The molecular formula is C20H25N3O3. The molecule has 0 unspecified atom stereocenters. The summed E-state index contributed by atoms with van der Waals surface area (Å²) in [6.45, 7) is 8.36. The number of nitrogens with zero attached hydrogens (tertiary/aromatic N) is 2. The summed E-state index contributed by atoms with van der Waals surface area (Å²) in [5.74, 6) is 0.299. The molecule has 1 atom stereocenters. The van der Waals surface area contributed by atoms with E-state index in [4.69, 9.17) is 4.52 Å². The molecule has 1 aliphatic rings. The lowest BCUT2D eigenvalue weighted by molar-refractivity contribution is -0.135. The first-order valence-corrected chi connectivity index (χ1v) is 8.96. The van der Waals surface area contributed by atoms with Crippen LogP contribution >= 0.6 is 0 Å². The fraction of sp³-hybridized carbons (Fsp3) is 0.450. The quantitative estimate of drug-likeness (QED) is 0.850. The molecule has 1 aromatic carbocycles. The maximum atomic E-state index is 12.7. The summed E-state index contributed by atoms with van der Waals surface area (Å²) < 4.78 is 5.25. The zero-order chi connectivity index (χ0) is 18.8. The second kappa shape index (κ2) is 7.32. The number of likely N-dealkylation sites (tertiary alicyclic amines) is 1. The predicted octanol–water partition coefficient (Wildman–Crippen LogP) is 3.60. The largest absolute Gasteiger partial charge is 0.361 e. The number of hydrogen-bond acceptors (Lipinski definition) is 4. The monoisotopic (exact) mass is 355 g/mol. The van der Waals surface area contributed by atoms with E-state index in [1.807, 2.05) is 45.9 Å². The number of carbonyl (C=O) groups is 2. The Hall–Kier alpha value is -2.63. The Balaban J connectivity index is 1.68. The fourth-order valence-electron chi connectivity index (χ4n) is 3.72. The van der Waals surface area contributed by atoms with Gasteiger partial charge in [-0.1, -0.05) is 22.9 Å². The highest BCUT2D eigenvalue weighted by molar-refractivity contribution is 6.04. The van der Waals surface area contributed by atoms with Crippen molar-refractivity contribution in [2.45, 2.75) is 53.0 Å². The van der Waals surface area contributed by atoms with Crippen molar-refractivity contribution in [3.8, 4) is 0 Å². The lowest BCUT2D eigenvalue weighted by Gasteiger charge is -2.24. The van der Waals surface area contributed by atoms with Crippen molar-refractivity contribution < 1.29 is 14.1 Å². The first-order chi connectivity index (χ1) is 12.4. The van der Waals surface area contributed by atoms with Crippen LogP contribution in [0.5, 0.6) is 0 Å². The molecule has 3 rings (SSSR count). The summed E-state index contributed by atoms with van der Waals surface area (Å²) in [7, 11) is 0. The van der Waals surface area contributed by atoms with E-state index >= 15 is 0 Å². The summed E-state index contributed by atoms with van der Waals surface area (Å²) in [4.78, 5) is 26.9. The minimum absolute atomic E-state index is 0.0531. The highest BCUT2D eigenvalue weighted by Gasteiger charge is 2.34. The summed E-state index contributed by atoms with van der Waals surface area (Å²) in [5.41, 5.74) is 4.66. The zero-order valence-electron chi connectivity index (χ0n) is 15.8. The van der Waals surface area contributed by atoms with Crippen LogP contribution in [0.15, 0.2) is 22.7 Å². The van der Waals surface area contributed by atoms with E-state index in [-0.39, 0.29) is 24.3 Å². The van der Waals surface area contributed by atoms with Gasteiger partial charge in [-0.15, -0.1) is 0 Å². The zero-order valence-corrected chi connectivity index (χ0v) is 15.8. The molecule has 0 saturated carbocycles. The van der Waals surface area contributed by atoms with Crippen LogP contribution in [-0.4, -0.2) is 28.4 Å². The van der Waals surface area contributed by atoms with E-state index in [0.717, 1.165) is 46.7 Å². The number of nitrogens with one attached hydrogen (secondary N) is 1. The van der Waals surface area contributed by atoms with E-state index in [0.29, 0.717) is 6.54 Å². The molecule has 1 aromatic heterocycles. The van der Waals surface area contributed by atoms with Crippen LogP contribution in [0, 0.1) is 27.7 Å². The molecule has 6 nitrogen and oxygen atoms in total. The van der Waals surface area contributed by atoms with Crippen LogP contribution in [0.4, 0.5) is 5.69 Å². The maximum absolute atomic E-state index is 12.7. The maximum Gasteiger partial charge on any atom is 0.233 e. The van der Waals surface area contributed by atoms with Gasteiger partial charge in [0.05, 0.1) is 11.7 Å². The van der Waals surface area contributed by atoms with Gasteiger partial charge >= 0.3 is 0 Å². The Bertz CT molecular complexity index is 821. The van der Waals surface area contributed by atoms with Gasteiger partial charge in [0, 0.05) is 17.8 Å². The summed E-state index contributed by atoms with van der Waals surface area (Å²) >= 11 is 0. The number of amides is 2. The van der Waals surface area contributed by atoms with E-state index in [1.54, 1.807) is 4.90 Å². The Morgan fingerprint density at radius 1 is 1.27 bits per heavy atom. The normalized spacial score (nSPS) is 16.8. The molecule has 1 N–H and O–H groups in total. The first-order valence-electron chi connectivity index (χ1n) is 8.96. The third-order valence-electron chi connectivity index (χ3n) is 4.96. The molecule has 138 valence electrons. The number of rotatable bonds is 4. The van der Waals surface area contributed by atoms with Gasteiger partial charge in [0.25, 0.3) is 0 Å². The Morgan fingerprint density at radius 3 is 2.69 bits per heavy atom. The van der Waals surface area contributed by atoms with Crippen LogP contribution in [0.25, 0.3) is 0 Å². The molecule has 0 aliphatic carbocycles. The van der Waals surface area contributed by atoms with Crippen molar-refractivity contribution >= 4 is 17.5 Å². The van der Waals surface area contributed by atoms with Gasteiger partial charge in [0.1, 0.15) is 12.2 Å². The molecule has 1 saturated heterocycles. The van der Waals surface area contributed by atoms with Gasteiger partial charge in [-0.2, -0.15) is 0 Å². The Morgan fingerprint density at radius 2 is 2.04 bits per heavy atom. The third-order valence-corrected chi connectivity index (χ3v) is 4.96. The average molecular weight is 355 g/mol. The van der Waals surface area contributed by atoms with Gasteiger partial charge in [-0.25, -0.2) is 0 Å². The van der Waals surface area contributed by atoms with Crippen molar-refractivity contribution in [1.29, 1.82) is 0 Å². The van der Waals surface area contributed by atoms with Gasteiger partial charge in [0.15, 0.2) is 0 Å². The number of anilines is 1. The topological polar surface area (TPSA) is 75.4 Å². The lowest BCUT2D eigenvalue weighted by Crippen LogP contribution is -2.33. The van der Waals surface area contributed by atoms with Crippen molar-refractivity contribution in [1.82, 2.24) is 10.1 Å². The second-order valence-electron chi connectivity index (χ2n) is 7.03. The molecule has 1 aliphatic heterocycles. The van der Waals surface area contributed by atoms with Crippen LogP contribution in [0.2, 0.25) is 0 Å². The van der Waals surface area contributed by atoms with Gasteiger partial charge < -0.3 is 14.7 Å². The number of aromatic nitrogens is 1. The minimum atomic E-state index is -0.286. The summed E-state index contributed by atoms with van der Waals surface area (Å²) in [6, 6.07) is 5.77. The molecule has 0 spiro atoms. The van der Waals surface area contributed by atoms with E-state index < -0.39 is 0 Å². The van der Waals surface area contributed by atoms with Gasteiger partial charge in [0.2, 0.25) is 11.8 Å². The first kappa shape index (κ1) is 18.2. The SMILES string of the molecule is Cc1ccc(NC(=O)CC(=O)N2CCC[C@@H]2c2c(C)noc2C)c(C)c1. The molecule has 0 bridgehead atoms. The van der Waals surface area contributed by atoms with Crippen molar-refractivity contribution in [2.24, 2.45) is 0 Å². The van der Waals surface area contributed by atoms with Crippen LogP contribution in [0.3, 0.4) is 0 Å². The standard InChI is InChI=1S/C20H25N3O3/c1-12-7-8-16(13(2)10-12)21-18(24)11-19(25)23-9-5-6-17(23)20-14(3)22-26-15(20)4/h7-8,10,17H,5-6,9,11H2,1-4H3,(H,21,24)/t17-/m1/s1. The van der Waals surface area contributed by atoms with Crippen LogP contribution in [-0.2, 0) is 9.59 Å². The number of hydrogen-bond donors (Lipinski definition) is 1. The predicted molar refractivity (Wildman–Crippen MR) is 98.8 cm³/mol. The van der Waals surface area contributed by atoms with E-state index in [1.165, 1.54) is 0 Å². The smallest absolute Gasteiger partial charge is 0.233 e. The van der Waals surface area contributed by atoms with E-state index in [2.05, 4.69) is 10.5 Å². The third kappa shape index (κ3) is 3.64. The summed E-state index contributed by atoms with van der Waals surface area (Å²) in [5, 5.41) is 6.84. The molecule has 1 fully saturated rings. The fourth-order valence-corrected chi connectivity index (χ4v) is 3.72. The average Bonchev–Trinajstić information content (AvgIpc) is 3.16. The second-order valence-corrected chi connectivity index (χ2v) is 7.03. The van der Waals surface area contributed by atoms with Gasteiger partial charge in [-0.05, 0) is 52.2 Å². The molecule has 0 radical (unpaired) electrons. The van der Waals surface area contributed by atoms with E-state index in [9.17, 15) is 9.59 Å². The molecule has 2 aromatic rings. The highest BCUT2D eigenvalue weighted by atomic mass is 16.5. The molecule has 6 heteroatoms. The van der Waals surface area contributed by atoms with Crippen molar-refractivity contribution in [3.63, 3.8) is 0 Å². The van der Waals surface area contributed by atoms with Crippen molar-refractivity contribution in [3.05, 3.63) is 46.3 Å². The highest BCUT2D eigenvalue weighted by Crippen LogP contribution is 2.35. The Labute approximate surface area is 153 Å². The Kier molecular flexibility index (Phi) is 5.11. The van der Waals surface area contributed by atoms with Crippen molar-refractivity contribution in [2.75, 3.05) is 11.9 Å². The van der Waals surface area contributed by atoms with Crippen LogP contribution < -0.4 is 5.32 Å². The molecular weight excluding hydrogens is 330 g/mol. The van der Waals surface area contributed by atoms with Crippen LogP contribution in [0.1, 0.15) is 53.4 Å². The minimum Gasteiger partial charge on any atom is -0.361 e. The lowest BCUT2D eigenvalue weighted by atomic mass is 10.0. The summed E-state index contributed by atoms with van der Waals surface area (Å²) in [6.07, 6.45) is 1.62. The molecule has 2 heterocycles. The number of benzene rings is 1. The van der Waals surface area contributed by atoms with Gasteiger partial charge in [-0.3, -0.25) is 9.59 Å². The molecule has 2 amide bonds. The number of carbonyl (C=O) groups excluding carboxylic acids is 2. The number of aryl methyl sites for hydroxylation is 4.